The van der Waals surface area contributed by atoms with Crippen LogP contribution in [0.25, 0.3) is 0 Å². The maximum absolute atomic E-state index is 5.93. The lowest BCUT2D eigenvalue weighted by atomic mass is 10.1. The summed E-state index contributed by atoms with van der Waals surface area (Å²) in [6, 6.07) is 0. The van der Waals surface area contributed by atoms with Crippen LogP contribution in [0.5, 0.6) is 0 Å². The summed E-state index contributed by atoms with van der Waals surface area (Å²) in [5.41, 5.74) is 0. The Morgan fingerprint density at radius 1 is 1.12 bits per heavy atom. The van der Waals surface area contributed by atoms with Crippen molar-refractivity contribution in [3.8, 4) is 0 Å². The Labute approximate surface area is 105 Å². The average molecular weight is 242 g/mol. The lowest BCUT2D eigenvalue weighted by Gasteiger charge is -2.21. The van der Waals surface area contributed by atoms with E-state index in [9.17, 15) is 0 Å². The van der Waals surface area contributed by atoms with Gasteiger partial charge in [-0.2, -0.15) is 0 Å². The van der Waals surface area contributed by atoms with Crippen molar-refractivity contribution < 1.29 is 14.2 Å². The zero-order valence-electron chi connectivity index (χ0n) is 11.4. The molecule has 0 unspecified atom stereocenters. The fraction of sp³-hybridized carbons (Fsp3) is 0.857. The number of allylic oxidation sites excluding steroid dienone is 1. The van der Waals surface area contributed by atoms with Gasteiger partial charge in [-0.3, -0.25) is 0 Å². The highest BCUT2D eigenvalue weighted by Crippen LogP contribution is 2.36. The lowest BCUT2D eigenvalue weighted by Crippen LogP contribution is -2.27. The van der Waals surface area contributed by atoms with E-state index in [1.54, 1.807) is 0 Å². The Morgan fingerprint density at radius 3 is 2.24 bits per heavy atom. The van der Waals surface area contributed by atoms with Crippen molar-refractivity contribution >= 4 is 0 Å². The van der Waals surface area contributed by atoms with Crippen molar-refractivity contribution in [1.29, 1.82) is 0 Å². The first-order valence-electron chi connectivity index (χ1n) is 6.77. The number of hydrogen-bond donors (Lipinski definition) is 0. The molecule has 3 heteroatoms. The zero-order valence-corrected chi connectivity index (χ0v) is 11.4. The molecule has 0 amide bonds. The van der Waals surface area contributed by atoms with Crippen LogP contribution < -0.4 is 0 Å². The number of rotatable bonds is 10. The Kier molecular flexibility index (Phi) is 7.49. The molecule has 0 heterocycles. The van der Waals surface area contributed by atoms with Gasteiger partial charge >= 0.3 is 0 Å². The molecule has 100 valence electrons. The van der Waals surface area contributed by atoms with Crippen molar-refractivity contribution in [2.75, 3.05) is 19.8 Å². The molecule has 0 aromatic rings. The predicted molar refractivity (Wildman–Crippen MR) is 68.9 cm³/mol. The van der Waals surface area contributed by atoms with E-state index in [1.165, 1.54) is 12.8 Å². The minimum atomic E-state index is -0.211. The molecule has 17 heavy (non-hydrogen) atoms. The van der Waals surface area contributed by atoms with Crippen molar-refractivity contribution in [2.45, 2.75) is 52.4 Å². The molecule has 1 fully saturated rings. The van der Waals surface area contributed by atoms with Crippen molar-refractivity contribution in [3.05, 3.63) is 12.2 Å². The largest absolute Gasteiger partial charge is 0.372 e. The molecule has 0 aliphatic heterocycles. The molecule has 3 nitrogen and oxygen atoms in total. The molecule has 0 bridgehead atoms. The van der Waals surface area contributed by atoms with Crippen LogP contribution in [-0.4, -0.2) is 32.2 Å². The highest BCUT2D eigenvalue weighted by atomic mass is 16.7. The van der Waals surface area contributed by atoms with E-state index in [4.69, 9.17) is 14.2 Å². The van der Waals surface area contributed by atoms with E-state index in [2.05, 4.69) is 12.2 Å². The summed E-state index contributed by atoms with van der Waals surface area (Å²) < 4.78 is 16.9. The Hall–Kier alpha value is -0.380. The SMILES string of the molecule is C/C=C/C[C@@H](OCC(OCC)OCC)C1CC1. The quantitative estimate of drug-likeness (QED) is 0.435. The molecule has 0 radical (unpaired) electrons. The molecular formula is C14H26O3. The van der Waals surface area contributed by atoms with Crippen LogP contribution in [0, 0.1) is 5.92 Å². The van der Waals surface area contributed by atoms with Gasteiger partial charge < -0.3 is 14.2 Å². The predicted octanol–water partition coefficient (Wildman–Crippen LogP) is 3.15. The molecule has 1 saturated carbocycles. The molecule has 0 spiro atoms. The minimum absolute atomic E-state index is 0.211. The monoisotopic (exact) mass is 242 g/mol. The summed E-state index contributed by atoms with van der Waals surface area (Å²) in [5, 5.41) is 0. The number of ether oxygens (including phenoxy) is 3. The molecule has 0 N–H and O–H groups in total. The first-order chi connectivity index (χ1) is 8.31. The van der Waals surface area contributed by atoms with E-state index >= 15 is 0 Å². The molecule has 1 rings (SSSR count). The van der Waals surface area contributed by atoms with Crippen LogP contribution in [-0.2, 0) is 14.2 Å². The second-order valence-electron chi connectivity index (χ2n) is 4.35. The topological polar surface area (TPSA) is 27.7 Å². The standard InChI is InChI=1S/C14H26O3/c1-4-7-8-13(12-9-10-12)17-11-14(15-5-2)16-6-3/h4,7,12-14H,5-6,8-11H2,1-3H3/b7-4+/t13-/m1/s1. The summed E-state index contributed by atoms with van der Waals surface area (Å²) in [7, 11) is 0. The molecule has 1 aliphatic rings. The van der Waals surface area contributed by atoms with Gasteiger partial charge in [0.05, 0.1) is 12.7 Å². The van der Waals surface area contributed by atoms with Gasteiger partial charge in [-0.15, -0.1) is 0 Å². The molecule has 0 saturated heterocycles. The van der Waals surface area contributed by atoms with Crippen LogP contribution in [0.3, 0.4) is 0 Å². The maximum atomic E-state index is 5.93. The van der Waals surface area contributed by atoms with E-state index in [0.29, 0.717) is 25.9 Å². The van der Waals surface area contributed by atoms with Crippen LogP contribution in [0.2, 0.25) is 0 Å². The van der Waals surface area contributed by atoms with Crippen molar-refractivity contribution in [2.24, 2.45) is 5.92 Å². The minimum Gasteiger partial charge on any atom is -0.372 e. The van der Waals surface area contributed by atoms with Gasteiger partial charge in [0.2, 0.25) is 0 Å². The fourth-order valence-corrected chi connectivity index (χ4v) is 1.85. The first kappa shape index (κ1) is 14.7. The summed E-state index contributed by atoms with van der Waals surface area (Å²) in [6.07, 6.45) is 8.01. The van der Waals surface area contributed by atoms with Crippen molar-refractivity contribution in [3.63, 3.8) is 0 Å². The van der Waals surface area contributed by atoms with E-state index in [1.807, 2.05) is 20.8 Å². The normalized spacial score (nSPS) is 18.1. The van der Waals surface area contributed by atoms with Crippen LogP contribution >= 0.6 is 0 Å². The zero-order chi connectivity index (χ0) is 12.5. The Bertz CT molecular complexity index is 206. The molecular weight excluding hydrogens is 216 g/mol. The van der Waals surface area contributed by atoms with E-state index in [-0.39, 0.29) is 6.29 Å². The first-order valence-corrected chi connectivity index (χ1v) is 6.77. The smallest absolute Gasteiger partial charge is 0.180 e. The summed E-state index contributed by atoms with van der Waals surface area (Å²) >= 11 is 0. The van der Waals surface area contributed by atoms with Gasteiger partial charge in [0, 0.05) is 13.2 Å². The second-order valence-corrected chi connectivity index (χ2v) is 4.35. The fourth-order valence-electron chi connectivity index (χ4n) is 1.85. The van der Waals surface area contributed by atoms with Gasteiger partial charge in [0.15, 0.2) is 6.29 Å². The number of hydrogen-bond acceptors (Lipinski definition) is 3. The van der Waals surface area contributed by atoms with E-state index in [0.717, 1.165) is 12.3 Å². The van der Waals surface area contributed by atoms with Crippen LogP contribution in [0.15, 0.2) is 12.2 Å². The van der Waals surface area contributed by atoms with Gasteiger partial charge in [-0.05, 0) is 46.0 Å². The summed E-state index contributed by atoms with van der Waals surface area (Å²) in [6.45, 7) is 7.87. The van der Waals surface area contributed by atoms with Gasteiger partial charge in [0.1, 0.15) is 0 Å². The van der Waals surface area contributed by atoms with Crippen molar-refractivity contribution in [1.82, 2.24) is 0 Å². The third kappa shape index (κ3) is 6.20. The summed E-state index contributed by atoms with van der Waals surface area (Å²) in [5.74, 6) is 0.745. The average Bonchev–Trinajstić information content (AvgIpc) is 3.14. The molecule has 1 aliphatic carbocycles. The van der Waals surface area contributed by atoms with Gasteiger partial charge in [0.25, 0.3) is 0 Å². The Morgan fingerprint density at radius 2 is 1.76 bits per heavy atom. The van der Waals surface area contributed by atoms with Gasteiger partial charge in [-0.1, -0.05) is 12.2 Å². The van der Waals surface area contributed by atoms with Crippen LogP contribution in [0.1, 0.15) is 40.0 Å². The van der Waals surface area contributed by atoms with E-state index < -0.39 is 0 Å². The summed E-state index contributed by atoms with van der Waals surface area (Å²) in [4.78, 5) is 0. The lowest BCUT2D eigenvalue weighted by molar-refractivity contribution is -0.177. The molecule has 0 aromatic heterocycles. The van der Waals surface area contributed by atoms with Gasteiger partial charge in [-0.25, -0.2) is 0 Å². The highest BCUT2D eigenvalue weighted by Gasteiger charge is 2.31. The second kappa shape index (κ2) is 8.67. The maximum Gasteiger partial charge on any atom is 0.180 e. The highest BCUT2D eigenvalue weighted by molar-refractivity contribution is 4.89. The third-order valence-electron chi connectivity index (χ3n) is 2.90. The molecule has 1 atom stereocenters. The third-order valence-corrected chi connectivity index (χ3v) is 2.90. The Balaban J connectivity index is 2.27. The van der Waals surface area contributed by atoms with Crippen LogP contribution in [0.4, 0.5) is 0 Å². The molecule has 0 aromatic carbocycles.